The number of hydrogen-bond acceptors (Lipinski definition) is 4. The maximum atomic E-state index is 12.1. The Morgan fingerprint density at radius 3 is 2.38 bits per heavy atom. The van der Waals surface area contributed by atoms with Crippen LogP contribution in [-0.4, -0.2) is 19.8 Å². The quantitative estimate of drug-likeness (QED) is 0.461. The average Bonchev–Trinajstić information content (AvgIpc) is 2.81. The Kier molecular flexibility index (Phi) is 4.32. The van der Waals surface area contributed by atoms with E-state index in [0.717, 1.165) is 6.42 Å². The first-order chi connectivity index (χ1) is 10.0. The van der Waals surface area contributed by atoms with Gasteiger partial charge in [0.15, 0.2) is 5.78 Å². The fourth-order valence-corrected chi connectivity index (χ4v) is 2.00. The first-order valence-corrected chi connectivity index (χ1v) is 6.56. The number of Topliss-reactive ketones (excluding diaryl/α,β-unsaturated/α-hetero) is 1. The van der Waals surface area contributed by atoms with Crippen molar-refractivity contribution in [2.45, 2.75) is 26.4 Å². The van der Waals surface area contributed by atoms with E-state index in [-0.39, 0.29) is 23.7 Å². The first-order valence-electron chi connectivity index (χ1n) is 6.56. The number of rotatable bonds is 6. The van der Waals surface area contributed by atoms with Crippen LogP contribution in [0.3, 0.4) is 0 Å². The van der Waals surface area contributed by atoms with E-state index in [0.29, 0.717) is 12.1 Å². The topological polar surface area (TPSA) is 87.1 Å². The number of imidazole rings is 1. The molecule has 0 unspecified atom stereocenters. The number of nitrogens with zero attached hydrogens (tertiary/aromatic N) is 3. The van der Waals surface area contributed by atoms with Crippen molar-refractivity contribution in [1.29, 1.82) is 0 Å². The van der Waals surface area contributed by atoms with Crippen molar-refractivity contribution < 1.29 is 9.72 Å². The number of nitro groups is 1. The van der Waals surface area contributed by atoms with E-state index in [1.807, 2.05) is 6.92 Å². The zero-order valence-corrected chi connectivity index (χ0v) is 11.6. The van der Waals surface area contributed by atoms with Crippen LogP contribution in [0.1, 0.15) is 23.7 Å². The normalized spacial score (nSPS) is 10.5. The Labute approximate surface area is 120 Å². The van der Waals surface area contributed by atoms with E-state index in [2.05, 4.69) is 0 Å². The molecule has 21 heavy (non-hydrogen) atoms. The van der Waals surface area contributed by atoms with Gasteiger partial charge in [-0.3, -0.25) is 24.0 Å². The van der Waals surface area contributed by atoms with Gasteiger partial charge in [0.25, 0.3) is 5.69 Å². The number of nitro benzene ring substituents is 1. The summed E-state index contributed by atoms with van der Waals surface area (Å²) in [5.74, 6) is -0.263. The SMILES string of the molecule is CCCn1ccn(CC(=O)c2ccc([N+](=O)[O-])cc2)c1=O. The predicted octanol–water partition coefficient (Wildman–Crippen LogP) is 1.85. The second kappa shape index (κ2) is 6.17. The lowest BCUT2D eigenvalue weighted by Crippen LogP contribution is -2.26. The minimum Gasteiger partial charge on any atom is -0.299 e. The van der Waals surface area contributed by atoms with Crippen LogP contribution in [0.15, 0.2) is 41.5 Å². The summed E-state index contributed by atoms with van der Waals surface area (Å²) < 4.78 is 2.88. The standard InChI is InChI=1S/C14H15N3O4/c1-2-7-15-8-9-16(14(15)19)10-13(18)11-3-5-12(6-4-11)17(20)21/h3-6,8-9H,2,7,10H2,1H3. The molecule has 0 N–H and O–H groups in total. The molecule has 7 heteroatoms. The number of carbonyl (C=O) groups excluding carboxylic acids is 1. The minimum absolute atomic E-state index is 0.0715. The summed E-state index contributed by atoms with van der Waals surface area (Å²) in [7, 11) is 0. The fraction of sp³-hybridized carbons (Fsp3) is 0.286. The van der Waals surface area contributed by atoms with E-state index in [1.165, 1.54) is 28.8 Å². The summed E-state index contributed by atoms with van der Waals surface area (Å²) in [6, 6.07) is 5.35. The number of hydrogen-bond donors (Lipinski definition) is 0. The summed E-state index contributed by atoms with van der Waals surface area (Å²) in [6.07, 6.45) is 4.05. The third-order valence-electron chi connectivity index (χ3n) is 3.10. The molecule has 0 saturated heterocycles. The van der Waals surface area contributed by atoms with Gasteiger partial charge in [0.05, 0.1) is 11.5 Å². The molecule has 2 aromatic rings. The molecule has 0 aliphatic heterocycles. The van der Waals surface area contributed by atoms with Crippen LogP contribution in [0.5, 0.6) is 0 Å². The van der Waals surface area contributed by atoms with Gasteiger partial charge < -0.3 is 0 Å². The molecule has 0 saturated carbocycles. The van der Waals surface area contributed by atoms with Crippen LogP contribution in [0.2, 0.25) is 0 Å². The van der Waals surface area contributed by atoms with Crippen LogP contribution in [0, 0.1) is 10.1 Å². The van der Waals surface area contributed by atoms with Gasteiger partial charge >= 0.3 is 5.69 Å². The third-order valence-corrected chi connectivity index (χ3v) is 3.10. The van der Waals surface area contributed by atoms with Gasteiger partial charge in [-0.1, -0.05) is 6.92 Å². The third kappa shape index (κ3) is 3.25. The molecule has 110 valence electrons. The Hall–Kier alpha value is -2.70. The van der Waals surface area contributed by atoms with Gasteiger partial charge in [-0.05, 0) is 18.6 Å². The van der Waals surface area contributed by atoms with E-state index >= 15 is 0 Å². The lowest BCUT2D eigenvalue weighted by molar-refractivity contribution is -0.384. The number of aromatic nitrogens is 2. The minimum atomic E-state index is -0.524. The number of non-ortho nitro benzene ring substituents is 1. The molecule has 2 rings (SSSR count). The Morgan fingerprint density at radius 1 is 1.19 bits per heavy atom. The highest BCUT2D eigenvalue weighted by Crippen LogP contribution is 2.12. The van der Waals surface area contributed by atoms with Crippen molar-refractivity contribution in [3.8, 4) is 0 Å². The van der Waals surface area contributed by atoms with Crippen molar-refractivity contribution in [2.24, 2.45) is 0 Å². The Balaban J connectivity index is 2.14. The molecule has 1 aromatic heterocycles. The maximum absolute atomic E-state index is 12.1. The van der Waals surface area contributed by atoms with Crippen molar-refractivity contribution >= 4 is 11.5 Å². The zero-order valence-electron chi connectivity index (χ0n) is 11.6. The van der Waals surface area contributed by atoms with Gasteiger partial charge in [0, 0.05) is 36.6 Å². The maximum Gasteiger partial charge on any atom is 0.328 e. The van der Waals surface area contributed by atoms with Crippen LogP contribution in [0.4, 0.5) is 5.69 Å². The van der Waals surface area contributed by atoms with Crippen molar-refractivity contribution in [2.75, 3.05) is 0 Å². The largest absolute Gasteiger partial charge is 0.328 e. The molecule has 0 radical (unpaired) electrons. The fourth-order valence-electron chi connectivity index (χ4n) is 2.00. The van der Waals surface area contributed by atoms with Crippen LogP contribution < -0.4 is 5.69 Å². The van der Waals surface area contributed by atoms with E-state index in [4.69, 9.17) is 0 Å². The summed E-state index contributed by atoms with van der Waals surface area (Å²) in [5, 5.41) is 10.6. The van der Waals surface area contributed by atoms with Crippen molar-refractivity contribution in [3.63, 3.8) is 0 Å². The Morgan fingerprint density at radius 2 is 1.81 bits per heavy atom. The highest BCUT2D eigenvalue weighted by molar-refractivity contribution is 5.96. The number of ketones is 1. The van der Waals surface area contributed by atoms with Crippen molar-refractivity contribution in [1.82, 2.24) is 9.13 Å². The van der Waals surface area contributed by atoms with E-state index < -0.39 is 4.92 Å². The van der Waals surface area contributed by atoms with Gasteiger partial charge in [0.1, 0.15) is 0 Å². The van der Waals surface area contributed by atoms with Gasteiger partial charge in [-0.15, -0.1) is 0 Å². The molecule has 0 amide bonds. The van der Waals surface area contributed by atoms with Crippen LogP contribution in [0.25, 0.3) is 0 Å². The lowest BCUT2D eigenvalue weighted by atomic mass is 10.1. The molecule has 0 atom stereocenters. The highest BCUT2D eigenvalue weighted by atomic mass is 16.6. The second-order valence-electron chi connectivity index (χ2n) is 4.63. The summed E-state index contributed by atoms with van der Waals surface area (Å²) in [4.78, 5) is 34.1. The van der Waals surface area contributed by atoms with Crippen LogP contribution >= 0.6 is 0 Å². The van der Waals surface area contributed by atoms with Gasteiger partial charge in [-0.25, -0.2) is 4.79 Å². The monoisotopic (exact) mass is 289 g/mol. The molecule has 7 nitrogen and oxygen atoms in total. The molecule has 0 bridgehead atoms. The van der Waals surface area contributed by atoms with Gasteiger partial charge in [-0.2, -0.15) is 0 Å². The molecule has 0 aliphatic carbocycles. The van der Waals surface area contributed by atoms with E-state index in [9.17, 15) is 19.7 Å². The molecular weight excluding hydrogens is 274 g/mol. The molecule has 0 spiro atoms. The summed E-state index contributed by atoms with van der Waals surface area (Å²) in [5.41, 5.74) is 0.0423. The summed E-state index contributed by atoms with van der Waals surface area (Å²) in [6.45, 7) is 2.50. The summed E-state index contributed by atoms with van der Waals surface area (Å²) >= 11 is 0. The predicted molar refractivity (Wildman–Crippen MR) is 76.4 cm³/mol. The highest BCUT2D eigenvalue weighted by Gasteiger charge is 2.12. The molecular formula is C14H15N3O4. The average molecular weight is 289 g/mol. The zero-order chi connectivity index (χ0) is 15.4. The number of aryl methyl sites for hydroxylation is 1. The van der Waals surface area contributed by atoms with Crippen molar-refractivity contribution in [3.05, 3.63) is 62.8 Å². The van der Waals surface area contributed by atoms with E-state index in [1.54, 1.807) is 17.0 Å². The first kappa shape index (κ1) is 14.7. The smallest absolute Gasteiger partial charge is 0.299 e. The number of carbonyl (C=O) groups is 1. The molecule has 0 fully saturated rings. The molecule has 0 aliphatic rings. The van der Waals surface area contributed by atoms with Gasteiger partial charge in [0.2, 0.25) is 0 Å². The second-order valence-corrected chi connectivity index (χ2v) is 4.63. The Bertz CT molecular complexity index is 713. The number of benzene rings is 1. The lowest BCUT2D eigenvalue weighted by Gasteiger charge is -2.02. The van der Waals surface area contributed by atoms with Crippen LogP contribution in [-0.2, 0) is 13.1 Å². The molecule has 1 aromatic carbocycles. The molecule has 1 heterocycles.